The maximum absolute atomic E-state index is 12.3. The topological polar surface area (TPSA) is 73.6 Å². The molecule has 5 nitrogen and oxygen atoms in total. The summed E-state index contributed by atoms with van der Waals surface area (Å²) in [6, 6.07) is 5.24. The highest BCUT2D eigenvalue weighted by atomic mass is 35.5. The van der Waals surface area contributed by atoms with Gasteiger partial charge in [0.15, 0.2) is 11.5 Å². The Balaban J connectivity index is 0.00000576. The van der Waals surface area contributed by atoms with Crippen LogP contribution >= 0.6 is 12.4 Å². The van der Waals surface area contributed by atoms with Gasteiger partial charge in [0.1, 0.15) is 0 Å². The maximum atomic E-state index is 12.3. The number of carbonyl (C=O) groups excluding carboxylic acids is 1. The molecule has 0 aliphatic carbocycles. The van der Waals surface area contributed by atoms with Crippen LogP contribution in [0.25, 0.3) is 0 Å². The van der Waals surface area contributed by atoms with Crippen molar-refractivity contribution in [1.29, 1.82) is 0 Å². The summed E-state index contributed by atoms with van der Waals surface area (Å²) in [6.07, 6.45) is 1.57. The quantitative estimate of drug-likeness (QED) is 0.654. The van der Waals surface area contributed by atoms with Crippen LogP contribution in [0, 0.1) is 5.92 Å². The van der Waals surface area contributed by atoms with Crippen molar-refractivity contribution in [2.45, 2.75) is 59.5 Å². The Labute approximate surface area is 158 Å². The van der Waals surface area contributed by atoms with E-state index in [4.69, 9.17) is 15.2 Å². The number of rotatable bonds is 10. The molecule has 1 aromatic rings. The minimum atomic E-state index is -0.467. The highest BCUT2D eigenvalue weighted by molar-refractivity contribution is 5.85. The summed E-state index contributed by atoms with van der Waals surface area (Å²) in [7, 11) is 0. The number of nitrogens with one attached hydrogen (secondary N) is 1. The number of amides is 1. The van der Waals surface area contributed by atoms with Crippen molar-refractivity contribution in [2.24, 2.45) is 11.7 Å². The molecule has 0 fully saturated rings. The van der Waals surface area contributed by atoms with Gasteiger partial charge in [-0.3, -0.25) is 4.79 Å². The zero-order valence-electron chi connectivity index (χ0n) is 16.0. The highest BCUT2D eigenvalue weighted by Gasteiger charge is 2.22. The Hall–Kier alpha value is -1.46. The zero-order valence-corrected chi connectivity index (χ0v) is 16.8. The molecule has 0 aliphatic rings. The van der Waals surface area contributed by atoms with Crippen LogP contribution in [0.1, 0.15) is 59.1 Å². The largest absolute Gasteiger partial charge is 0.490 e. The van der Waals surface area contributed by atoms with E-state index >= 15 is 0 Å². The lowest BCUT2D eigenvalue weighted by molar-refractivity contribution is -0.123. The van der Waals surface area contributed by atoms with Crippen molar-refractivity contribution < 1.29 is 14.3 Å². The van der Waals surface area contributed by atoms with Gasteiger partial charge in [0.25, 0.3) is 0 Å². The van der Waals surface area contributed by atoms with Crippen LogP contribution in [-0.2, 0) is 4.79 Å². The fourth-order valence-electron chi connectivity index (χ4n) is 2.60. The van der Waals surface area contributed by atoms with Crippen molar-refractivity contribution in [2.75, 3.05) is 13.2 Å². The van der Waals surface area contributed by atoms with Crippen molar-refractivity contribution in [1.82, 2.24) is 5.32 Å². The number of hydrogen-bond donors (Lipinski definition) is 2. The highest BCUT2D eigenvalue weighted by Crippen LogP contribution is 2.33. The lowest BCUT2D eigenvalue weighted by Gasteiger charge is -2.25. The molecule has 144 valence electrons. The van der Waals surface area contributed by atoms with Gasteiger partial charge in [0, 0.05) is 0 Å². The van der Waals surface area contributed by atoms with Gasteiger partial charge in [0.05, 0.1) is 25.3 Å². The second-order valence-corrected chi connectivity index (χ2v) is 6.20. The molecule has 0 heterocycles. The number of nitrogens with two attached hydrogens (primary N) is 1. The van der Waals surface area contributed by atoms with Gasteiger partial charge in [-0.2, -0.15) is 0 Å². The molecule has 0 aromatic heterocycles. The minimum absolute atomic E-state index is 0. The predicted octanol–water partition coefficient (Wildman–Crippen LogP) is 3.85. The summed E-state index contributed by atoms with van der Waals surface area (Å²) in [5.41, 5.74) is 6.93. The van der Waals surface area contributed by atoms with Crippen LogP contribution in [0.3, 0.4) is 0 Å². The normalized spacial score (nSPS) is 12.9. The molecule has 0 bridgehead atoms. The van der Waals surface area contributed by atoms with E-state index in [1.54, 1.807) is 0 Å². The Morgan fingerprint density at radius 3 is 2.24 bits per heavy atom. The average Bonchev–Trinajstić information content (AvgIpc) is 2.54. The molecule has 0 spiro atoms. The van der Waals surface area contributed by atoms with E-state index in [1.165, 1.54) is 0 Å². The van der Waals surface area contributed by atoms with Crippen LogP contribution in [0.5, 0.6) is 11.5 Å². The Morgan fingerprint density at radius 2 is 1.72 bits per heavy atom. The summed E-state index contributed by atoms with van der Waals surface area (Å²) < 4.78 is 11.3. The number of halogens is 1. The van der Waals surface area contributed by atoms with E-state index in [2.05, 4.69) is 19.2 Å². The molecular formula is C19H33ClN2O3. The molecule has 2 atom stereocenters. The van der Waals surface area contributed by atoms with Crippen molar-refractivity contribution >= 4 is 18.3 Å². The first-order valence-corrected chi connectivity index (χ1v) is 8.89. The third-order valence-electron chi connectivity index (χ3n) is 3.83. The first kappa shape index (κ1) is 23.5. The van der Waals surface area contributed by atoms with Gasteiger partial charge in [-0.1, -0.05) is 33.3 Å². The number of hydrogen-bond acceptors (Lipinski definition) is 4. The SMILES string of the molecule is CCCC(N)C(=O)NC(c1ccc(OCC)c(OCC)c1)C(C)C.Cl. The third kappa shape index (κ3) is 7.12. The van der Waals surface area contributed by atoms with Crippen LogP contribution < -0.4 is 20.5 Å². The average molecular weight is 373 g/mol. The molecule has 6 heteroatoms. The van der Waals surface area contributed by atoms with E-state index in [1.807, 2.05) is 39.0 Å². The van der Waals surface area contributed by atoms with Crippen LogP contribution in [-0.4, -0.2) is 25.2 Å². The van der Waals surface area contributed by atoms with Gasteiger partial charge in [0.2, 0.25) is 5.91 Å². The summed E-state index contributed by atoms with van der Waals surface area (Å²) in [6.45, 7) is 11.2. The fourth-order valence-corrected chi connectivity index (χ4v) is 2.60. The van der Waals surface area contributed by atoms with Crippen LogP contribution in [0.2, 0.25) is 0 Å². The molecular weight excluding hydrogens is 340 g/mol. The Bertz CT molecular complexity index is 523. The molecule has 1 rings (SSSR count). The van der Waals surface area contributed by atoms with Crippen molar-refractivity contribution in [3.63, 3.8) is 0 Å². The molecule has 3 N–H and O–H groups in total. The van der Waals surface area contributed by atoms with E-state index in [0.29, 0.717) is 25.4 Å². The van der Waals surface area contributed by atoms with Crippen molar-refractivity contribution in [3.05, 3.63) is 23.8 Å². The molecule has 1 aromatic carbocycles. The van der Waals surface area contributed by atoms with Gasteiger partial charge in [-0.15, -0.1) is 12.4 Å². The number of ether oxygens (including phenoxy) is 2. The standard InChI is InChI=1S/C19H32N2O3.ClH/c1-6-9-15(20)19(22)21-18(13(4)5)14-10-11-16(23-7-2)17(12-14)24-8-3;/h10-13,15,18H,6-9,20H2,1-5H3,(H,21,22);1H. The summed E-state index contributed by atoms with van der Waals surface area (Å²) in [5.74, 6) is 1.55. The van der Waals surface area contributed by atoms with Crippen LogP contribution in [0.4, 0.5) is 0 Å². The smallest absolute Gasteiger partial charge is 0.237 e. The van der Waals surface area contributed by atoms with Crippen LogP contribution in [0.15, 0.2) is 18.2 Å². The lowest BCUT2D eigenvalue weighted by Crippen LogP contribution is -2.43. The molecule has 0 saturated carbocycles. The molecule has 0 saturated heterocycles. The zero-order chi connectivity index (χ0) is 18.1. The van der Waals surface area contributed by atoms with E-state index in [9.17, 15) is 4.79 Å². The number of carbonyl (C=O) groups is 1. The van der Waals surface area contributed by atoms with E-state index in [-0.39, 0.29) is 30.3 Å². The lowest BCUT2D eigenvalue weighted by atomic mass is 9.95. The second kappa shape index (κ2) is 12.0. The molecule has 0 radical (unpaired) electrons. The van der Waals surface area contributed by atoms with Gasteiger partial charge >= 0.3 is 0 Å². The van der Waals surface area contributed by atoms with E-state index < -0.39 is 6.04 Å². The van der Waals surface area contributed by atoms with E-state index in [0.717, 1.165) is 17.7 Å². The summed E-state index contributed by atoms with van der Waals surface area (Å²) in [4.78, 5) is 12.3. The number of benzene rings is 1. The Kier molecular flexibility index (Phi) is 11.3. The van der Waals surface area contributed by atoms with Crippen molar-refractivity contribution in [3.8, 4) is 11.5 Å². The fraction of sp³-hybridized carbons (Fsp3) is 0.632. The third-order valence-corrected chi connectivity index (χ3v) is 3.83. The first-order chi connectivity index (χ1) is 11.4. The molecule has 2 unspecified atom stereocenters. The van der Waals surface area contributed by atoms with Gasteiger partial charge in [-0.25, -0.2) is 0 Å². The Morgan fingerprint density at radius 1 is 1.12 bits per heavy atom. The summed E-state index contributed by atoms with van der Waals surface area (Å²) >= 11 is 0. The minimum Gasteiger partial charge on any atom is -0.490 e. The predicted molar refractivity (Wildman–Crippen MR) is 105 cm³/mol. The molecule has 1 amide bonds. The molecule has 25 heavy (non-hydrogen) atoms. The second-order valence-electron chi connectivity index (χ2n) is 6.20. The van der Waals surface area contributed by atoms with Gasteiger partial charge < -0.3 is 20.5 Å². The summed E-state index contributed by atoms with van der Waals surface area (Å²) in [5, 5.41) is 3.08. The first-order valence-electron chi connectivity index (χ1n) is 8.89. The monoisotopic (exact) mass is 372 g/mol. The van der Waals surface area contributed by atoms with Gasteiger partial charge in [-0.05, 0) is 43.9 Å². The molecule has 0 aliphatic heterocycles. The maximum Gasteiger partial charge on any atom is 0.237 e.